The first kappa shape index (κ1) is 17.5. The number of rotatable bonds is 8. The van der Waals surface area contributed by atoms with Crippen molar-refractivity contribution in [3.8, 4) is 5.75 Å². The van der Waals surface area contributed by atoms with Gasteiger partial charge in [0.2, 0.25) is 5.91 Å². The lowest BCUT2D eigenvalue weighted by atomic mass is 9.96. The third-order valence-corrected chi connectivity index (χ3v) is 3.81. The normalized spacial score (nSPS) is 14.0. The molecule has 1 amide bonds. The fourth-order valence-corrected chi connectivity index (χ4v) is 2.31. The Balaban J connectivity index is 2.42. The van der Waals surface area contributed by atoms with Crippen molar-refractivity contribution in [3.63, 3.8) is 0 Å². The number of carbonyl (C=O) groups is 1. The molecule has 1 aromatic carbocycles. The van der Waals surface area contributed by atoms with E-state index < -0.39 is 12.1 Å². The molecular weight excluding hydrogens is 268 g/mol. The standard InChI is InChI=1S/C16H26N2O3/c1-3-12(4-2)15(20)10-18-16(21)14(17)9-11-5-7-13(19)8-6-11/h5-8,12,14-15,19-20H,3-4,9-10,17H2,1-2H3,(H,18,21). The number of aliphatic hydroxyl groups is 1. The minimum Gasteiger partial charge on any atom is -0.508 e. The summed E-state index contributed by atoms with van der Waals surface area (Å²) < 4.78 is 0. The van der Waals surface area contributed by atoms with Crippen molar-refractivity contribution in [1.29, 1.82) is 0 Å². The molecule has 0 aliphatic heterocycles. The lowest BCUT2D eigenvalue weighted by Crippen LogP contribution is -2.45. The summed E-state index contributed by atoms with van der Waals surface area (Å²) in [6.07, 6.45) is 1.62. The molecule has 0 radical (unpaired) electrons. The molecule has 0 heterocycles. The lowest BCUT2D eigenvalue weighted by molar-refractivity contribution is -0.123. The first-order valence-corrected chi connectivity index (χ1v) is 7.47. The van der Waals surface area contributed by atoms with E-state index in [1.54, 1.807) is 24.3 Å². The molecule has 0 spiro atoms. The molecule has 118 valence electrons. The van der Waals surface area contributed by atoms with Crippen LogP contribution in [-0.2, 0) is 11.2 Å². The molecule has 1 aromatic rings. The van der Waals surface area contributed by atoms with Crippen molar-refractivity contribution in [2.75, 3.05) is 6.54 Å². The number of hydrogen-bond acceptors (Lipinski definition) is 4. The number of phenolic OH excluding ortho intramolecular Hbond substituents is 1. The molecule has 0 saturated heterocycles. The first-order chi connectivity index (χ1) is 9.97. The number of nitrogens with two attached hydrogens (primary N) is 1. The number of hydrogen-bond donors (Lipinski definition) is 4. The van der Waals surface area contributed by atoms with E-state index in [4.69, 9.17) is 5.73 Å². The molecule has 2 atom stereocenters. The van der Waals surface area contributed by atoms with Crippen molar-refractivity contribution in [3.05, 3.63) is 29.8 Å². The van der Waals surface area contributed by atoms with E-state index in [1.807, 2.05) is 13.8 Å². The summed E-state index contributed by atoms with van der Waals surface area (Å²) in [7, 11) is 0. The highest BCUT2D eigenvalue weighted by Gasteiger charge is 2.19. The number of aliphatic hydroxyl groups excluding tert-OH is 1. The van der Waals surface area contributed by atoms with E-state index in [0.29, 0.717) is 6.42 Å². The second-order valence-electron chi connectivity index (χ2n) is 5.37. The molecular formula is C16H26N2O3. The fourth-order valence-electron chi connectivity index (χ4n) is 2.31. The molecule has 0 saturated carbocycles. The maximum atomic E-state index is 11.9. The van der Waals surface area contributed by atoms with Gasteiger partial charge in [-0.2, -0.15) is 0 Å². The minimum atomic E-state index is -0.663. The maximum Gasteiger partial charge on any atom is 0.237 e. The second-order valence-corrected chi connectivity index (χ2v) is 5.37. The molecule has 0 aliphatic rings. The number of benzene rings is 1. The van der Waals surface area contributed by atoms with Crippen LogP contribution in [0.2, 0.25) is 0 Å². The van der Waals surface area contributed by atoms with Crippen molar-refractivity contribution < 1.29 is 15.0 Å². The Morgan fingerprint density at radius 1 is 1.24 bits per heavy atom. The SMILES string of the molecule is CCC(CC)C(O)CNC(=O)C(N)Cc1ccc(O)cc1. The van der Waals surface area contributed by atoms with Gasteiger partial charge in [0.05, 0.1) is 12.1 Å². The number of carbonyl (C=O) groups excluding carboxylic acids is 1. The number of phenols is 1. The van der Waals surface area contributed by atoms with Crippen LogP contribution in [0.25, 0.3) is 0 Å². The van der Waals surface area contributed by atoms with Gasteiger partial charge in [-0.3, -0.25) is 4.79 Å². The molecule has 0 aromatic heterocycles. The molecule has 0 fully saturated rings. The summed E-state index contributed by atoms with van der Waals surface area (Å²) in [6, 6.07) is 5.94. The van der Waals surface area contributed by atoms with Crippen LogP contribution in [0.4, 0.5) is 0 Å². The van der Waals surface area contributed by atoms with Crippen LogP contribution < -0.4 is 11.1 Å². The summed E-state index contributed by atoms with van der Waals surface area (Å²) in [5.74, 6) is 0.108. The zero-order chi connectivity index (χ0) is 15.8. The van der Waals surface area contributed by atoms with Crippen LogP contribution in [0, 0.1) is 5.92 Å². The van der Waals surface area contributed by atoms with Crippen LogP contribution in [0.15, 0.2) is 24.3 Å². The number of amides is 1. The summed E-state index contributed by atoms with van der Waals surface area (Å²) in [4.78, 5) is 11.9. The zero-order valence-corrected chi connectivity index (χ0v) is 12.7. The van der Waals surface area contributed by atoms with Gasteiger partial charge in [0, 0.05) is 6.54 Å². The Morgan fingerprint density at radius 2 is 1.81 bits per heavy atom. The molecule has 21 heavy (non-hydrogen) atoms. The van der Waals surface area contributed by atoms with Gasteiger partial charge in [-0.15, -0.1) is 0 Å². The largest absolute Gasteiger partial charge is 0.508 e. The van der Waals surface area contributed by atoms with E-state index in [-0.39, 0.29) is 24.1 Å². The van der Waals surface area contributed by atoms with E-state index in [2.05, 4.69) is 5.32 Å². The van der Waals surface area contributed by atoms with Crippen molar-refractivity contribution >= 4 is 5.91 Å². The lowest BCUT2D eigenvalue weighted by Gasteiger charge is -2.21. The Kier molecular flexibility index (Phi) is 7.19. The van der Waals surface area contributed by atoms with E-state index in [9.17, 15) is 15.0 Å². The predicted octanol–water partition coefficient (Wildman–Crippen LogP) is 1.18. The molecule has 2 unspecified atom stereocenters. The number of aromatic hydroxyl groups is 1. The molecule has 5 N–H and O–H groups in total. The van der Waals surface area contributed by atoms with Gasteiger partial charge < -0.3 is 21.3 Å². The molecule has 1 rings (SSSR count). The quantitative estimate of drug-likeness (QED) is 0.579. The van der Waals surface area contributed by atoms with Crippen LogP contribution in [0.3, 0.4) is 0 Å². The van der Waals surface area contributed by atoms with Gasteiger partial charge in [-0.25, -0.2) is 0 Å². The van der Waals surface area contributed by atoms with Crippen molar-refractivity contribution in [2.24, 2.45) is 11.7 Å². The third kappa shape index (κ3) is 5.73. The average molecular weight is 294 g/mol. The first-order valence-electron chi connectivity index (χ1n) is 7.47. The maximum absolute atomic E-state index is 11.9. The third-order valence-electron chi connectivity index (χ3n) is 3.81. The van der Waals surface area contributed by atoms with Gasteiger partial charge in [0.15, 0.2) is 0 Å². The smallest absolute Gasteiger partial charge is 0.237 e. The van der Waals surface area contributed by atoms with Gasteiger partial charge in [0.25, 0.3) is 0 Å². The zero-order valence-electron chi connectivity index (χ0n) is 12.7. The molecule has 0 aliphatic carbocycles. The summed E-state index contributed by atoms with van der Waals surface area (Å²) in [6.45, 7) is 4.28. The Hall–Kier alpha value is -1.59. The summed E-state index contributed by atoms with van der Waals surface area (Å²) >= 11 is 0. The van der Waals surface area contributed by atoms with Gasteiger partial charge in [-0.1, -0.05) is 38.8 Å². The van der Waals surface area contributed by atoms with Crippen LogP contribution in [0.5, 0.6) is 5.75 Å². The average Bonchev–Trinajstić information content (AvgIpc) is 2.48. The van der Waals surface area contributed by atoms with Crippen LogP contribution in [-0.4, -0.2) is 34.8 Å². The Morgan fingerprint density at radius 3 is 2.33 bits per heavy atom. The topological polar surface area (TPSA) is 95.6 Å². The van der Waals surface area contributed by atoms with Crippen molar-refractivity contribution in [2.45, 2.75) is 45.3 Å². The van der Waals surface area contributed by atoms with E-state index >= 15 is 0 Å². The highest BCUT2D eigenvalue weighted by atomic mass is 16.3. The minimum absolute atomic E-state index is 0.185. The van der Waals surface area contributed by atoms with E-state index in [1.165, 1.54) is 0 Å². The van der Waals surface area contributed by atoms with Gasteiger partial charge in [-0.05, 0) is 30.0 Å². The Labute approximate surface area is 126 Å². The van der Waals surface area contributed by atoms with Crippen molar-refractivity contribution in [1.82, 2.24) is 5.32 Å². The summed E-state index contributed by atoms with van der Waals surface area (Å²) in [5.41, 5.74) is 6.74. The summed E-state index contributed by atoms with van der Waals surface area (Å²) in [5, 5.41) is 21.9. The second kappa shape index (κ2) is 8.64. The van der Waals surface area contributed by atoms with Crippen LogP contribution in [0.1, 0.15) is 32.3 Å². The number of nitrogens with one attached hydrogen (secondary N) is 1. The highest BCUT2D eigenvalue weighted by Crippen LogP contribution is 2.13. The van der Waals surface area contributed by atoms with Gasteiger partial charge >= 0.3 is 0 Å². The van der Waals surface area contributed by atoms with E-state index in [0.717, 1.165) is 18.4 Å². The van der Waals surface area contributed by atoms with Gasteiger partial charge in [0.1, 0.15) is 5.75 Å². The fraction of sp³-hybridized carbons (Fsp3) is 0.562. The van der Waals surface area contributed by atoms with Crippen LogP contribution >= 0.6 is 0 Å². The molecule has 0 bridgehead atoms. The monoisotopic (exact) mass is 294 g/mol. The Bertz CT molecular complexity index is 430. The highest BCUT2D eigenvalue weighted by molar-refractivity contribution is 5.81. The predicted molar refractivity (Wildman–Crippen MR) is 82.9 cm³/mol. The molecule has 5 nitrogen and oxygen atoms in total. The molecule has 5 heteroatoms.